The zero-order chi connectivity index (χ0) is 41.0. The van der Waals surface area contributed by atoms with E-state index in [0.29, 0.717) is 46.8 Å². The van der Waals surface area contributed by atoms with Crippen LogP contribution in [0.4, 0.5) is 0 Å². The number of allylic oxidation sites excluding steroid dienone is 17. The number of nitrogens with one attached hydrogen (secondary N) is 2. The molecule has 6 heteroatoms. The summed E-state index contributed by atoms with van der Waals surface area (Å²) in [4.78, 5) is 15.6. The Morgan fingerprint density at radius 2 is 1.71 bits per heavy atom. The number of amidine groups is 2. The second-order valence-corrected chi connectivity index (χ2v) is 21.6. The molecule has 62 heavy (non-hydrogen) atoms. The maximum atomic E-state index is 5.73. The number of rotatable bonds is 7. The molecule has 0 aromatic carbocycles. The van der Waals surface area contributed by atoms with Crippen LogP contribution in [0.1, 0.15) is 128 Å². The van der Waals surface area contributed by atoms with Crippen molar-refractivity contribution < 1.29 is 0 Å². The third-order valence-corrected chi connectivity index (χ3v) is 18.1. The molecule has 1 fully saturated rings. The number of nitrogens with zero attached hydrogens (tertiary/aromatic N) is 3. The molecule has 5 nitrogen and oxygen atoms in total. The van der Waals surface area contributed by atoms with Crippen LogP contribution in [0.25, 0.3) is 0 Å². The fourth-order valence-electron chi connectivity index (χ4n) is 13.5. The Morgan fingerprint density at radius 1 is 0.742 bits per heavy atom. The molecule has 4 aliphatic heterocycles. The first-order valence-electron chi connectivity index (χ1n) is 25.2. The molecule has 12 aliphatic rings. The van der Waals surface area contributed by atoms with Crippen LogP contribution in [0, 0.1) is 35.5 Å². The Kier molecular flexibility index (Phi) is 10.9. The van der Waals surface area contributed by atoms with Gasteiger partial charge in [0.1, 0.15) is 17.8 Å². The zero-order valence-corrected chi connectivity index (χ0v) is 37.7. The minimum Gasteiger partial charge on any atom is -0.384 e. The van der Waals surface area contributed by atoms with Gasteiger partial charge in [0, 0.05) is 69.6 Å². The van der Waals surface area contributed by atoms with Gasteiger partial charge in [-0.2, -0.15) is 0 Å². The molecule has 0 aromatic heterocycles. The highest BCUT2D eigenvalue weighted by Crippen LogP contribution is 2.58. The summed E-state index contributed by atoms with van der Waals surface area (Å²) in [6.45, 7) is 1.03. The first kappa shape index (κ1) is 39.6. The van der Waals surface area contributed by atoms with Crippen molar-refractivity contribution in [3.05, 3.63) is 140 Å². The zero-order valence-electron chi connectivity index (χ0n) is 36.9. The van der Waals surface area contributed by atoms with E-state index in [1.165, 1.54) is 99.7 Å². The van der Waals surface area contributed by atoms with Crippen LogP contribution >= 0.6 is 11.8 Å². The molecule has 322 valence electrons. The van der Waals surface area contributed by atoms with Crippen LogP contribution in [0.2, 0.25) is 0 Å². The summed E-state index contributed by atoms with van der Waals surface area (Å²) in [6.07, 6.45) is 58.7. The molecular weight excluding hydrogens is 775 g/mol. The predicted molar refractivity (Wildman–Crippen MR) is 259 cm³/mol. The summed E-state index contributed by atoms with van der Waals surface area (Å²) in [7, 11) is 0. The highest BCUT2D eigenvalue weighted by atomic mass is 32.2. The molecule has 8 aliphatic carbocycles. The number of thioether (sulfide) groups is 1. The van der Waals surface area contributed by atoms with E-state index in [1.807, 2.05) is 0 Å². The highest BCUT2D eigenvalue weighted by molar-refractivity contribution is 8.04. The SMILES string of the molecule is C1=CCCC(N2C3=C(C=C4C5=CCCC(C6=C(C7=NC(C8CC=CCC8)N=C(C8C=CCCC8)N7)CC(C7C=CCC(C8=CCCCC8)C7)CN6)=C5SC4C3)C3C=CCCC32)=C1. The van der Waals surface area contributed by atoms with E-state index in [-0.39, 0.29) is 6.17 Å². The average Bonchev–Trinajstić information content (AvgIpc) is 3.89. The Hall–Kier alpha value is -4.03. The molecule has 4 heterocycles. The fourth-order valence-corrected chi connectivity index (χ4v) is 15.0. The Labute approximate surface area is 375 Å². The van der Waals surface area contributed by atoms with Crippen LogP contribution in [-0.2, 0) is 0 Å². The van der Waals surface area contributed by atoms with Gasteiger partial charge in [0.25, 0.3) is 0 Å². The van der Waals surface area contributed by atoms with E-state index in [4.69, 9.17) is 9.98 Å². The minimum absolute atomic E-state index is 0.0231. The lowest BCUT2D eigenvalue weighted by atomic mass is 9.71. The van der Waals surface area contributed by atoms with E-state index in [0.717, 1.165) is 63.7 Å². The van der Waals surface area contributed by atoms with Crippen molar-refractivity contribution in [2.75, 3.05) is 6.54 Å². The van der Waals surface area contributed by atoms with Crippen LogP contribution < -0.4 is 10.6 Å². The van der Waals surface area contributed by atoms with Crippen molar-refractivity contribution in [3.8, 4) is 0 Å². The van der Waals surface area contributed by atoms with Gasteiger partial charge in [-0.25, -0.2) is 9.98 Å². The van der Waals surface area contributed by atoms with Gasteiger partial charge in [-0.1, -0.05) is 84.6 Å². The van der Waals surface area contributed by atoms with Crippen molar-refractivity contribution in [1.82, 2.24) is 15.5 Å². The van der Waals surface area contributed by atoms with Crippen LogP contribution in [0.15, 0.2) is 150 Å². The molecule has 9 atom stereocenters. The van der Waals surface area contributed by atoms with E-state index >= 15 is 0 Å². The molecule has 0 amide bonds. The fraction of sp³-hybridized carbons (Fsp3) is 0.536. The first-order valence-corrected chi connectivity index (χ1v) is 26.1. The van der Waals surface area contributed by atoms with Gasteiger partial charge < -0.3 is 15.5 Å². The maximum Gasteiger partial charge on any atom is 0.147 e. The Morgan fingerprint density at radius 3 is 2.58 bits per heavy atom. The number of hydrogen-bond acceptors (Lipinski definition) is 6. The lowest BCUT2D eigenvalue weighted by molar-refractivity contribution is 0.276. The van der Waals surface area contributed by atoms with Crippen LogP contribution in [0.5, 0.6) is 0 Å². The van der Waals surface area contributed by atoms with Gasteiger partial charge in [-0.05, 0) is 168 Å². The second-order valence-electron chi connectivity index (χ2n) is 20.4. The first-order chi connectivity index (χ1) is 30.7. The highest BCUT2D eigenvalue weighted by Gasteiger charge is 2.47. The third kappa shape index (κ3) is 7.32. The standard InChI is InChI=1S/C56H67N5S/c1-5-17-36(18-6-1)39-23-15-24-40(31-39)41-32-48(56-59-54(37-19-7-2-8-20-37)58-55(60-56)38-21-9-3-10-22-38)52(57-35-41)45-29-16-28-44-47-33-46-43-27-13-14-30-49(43)61(42-25-11-4-12-26-42)50(46)34-51(47)62-53(44)45/h2,4,7,9,11,13,15,17,21,24-25,27-28,33,37-41,43,49,51,54,57H,1,3,5-6,8,10,12,14,16,18-20,22-23,26,29-32,34-35H2,(H,58,59,60). The average molecular weight is 842 g/mol. The summed E-state index contributed by atoms with van der Waals surface area (Å²) in [5.41, 5.74) is 14.0. The normalized spacial score (nSPS) is 36.4. The molecule has 0 spiro atoms. The van der Waals surface area contributed by atoms with Crippen molar-refractivity contribution in [3.63, 3.8) is 0 Å². The van der Waals surface area contributed by atoms with Gasteiger partial charge in [-0.15, -0.1) is 11.8 Å². The summed E-state index contributed by atoms with van der Waals surface area (Å²) in [6, 6.07) is 0.574. The predicted octanol–water partition coefficient (Wildman–Crippen LogP) is 12.9. The Balaban J connectivity index is 0.923. The van der Waals surface area contributed by atoms with Crippen molar-refractivity contribution in [2.24, 2.45) is 45.5 Å². The van der Waals surface area contributed by atoms with E-state index in [1.54, 1.807) is 38.6 Å². The van der Waals surface area contributed by atoms with E-state index < -0.39 is 0 Å². The molecule has 12 rings (SSSR count). The largest absolute Gasteiger partial charge is 0.384 e. The molecule has 0 bridgehead atoms. The van der Waals surface area contributed by atoms with Gasteiger partial charge >= 0.3 is 0 Å². The lowest BCUT2D eigenvalue weighted by Gasteiger charge is -2.39. The van der Waals surface area contributed by atoms with Gasteiger partial charge in [0.15, 0.2) is 0 Å². The van der Waals surface area contributed by atoms with Gasteiger partial charge in [0.2, 0.25) is 0 Å². The second kappa shape index (κ2) is 17.2. The third-order valence-electron chi connectivity index (χ3n) is 16.7. The molecule has 9 unspecified atom stereocenters. The number of fused-ring (bicyclic) bond motifs is 5. The molecule has 1 saturated heterocycles. The smallest absolute Gasteiger partial charge is 0.147 e. The maximum absolute atomic E-state index is 5.73. The van der Waals surface area contributed by atoms with Crippen LogP contribution in [-0.4, -0.2) is 40.6 Å². The molecule has 0 saturated carbocycles. The lowest BCUT2D eigenvalue weighted by Crippen LogP contribution is -2.46. The summed E-state index contributed by atoms with van der Waals surface area (Å²) < 4.78 is 0. The molecule has 0 aromatic rings. The molecule has 2 N–H and O–H groups in total. The molecular formula is C56H67N5S. The topological polar surface area (TPSA) is 52.0 Å². The summed E-state index contributed by atoms with van der Waals surface area (Å²) in [5, 5.41) is 8.78. The van der Waals surface area contributed by atoms with Crippen molar-refractivity contribution in [2.45, 2.75) is 146 Å². The van der Waals surface area contributed by atoms with Gasteiger partial charge in [-0.3, -0.25) is 0 Å². The Bertz CT molecular complexity index is 2300. The van der Waals surface area contributed by atoms with E-state index in [2.05, 4.69) is 112 Å². The van der Waals surface area contributed by atoms with E-state index in [9.17, 15) is 0 Å². The van der Waals surface area contributed by atoms with Crippen molar-refractivity contribution in [1.29, 1.82) is 0 Å². The van der Waals surface area contributed by atoms with Gasteiger partial charge in [0.05, 0.1) is 0 Å². The van der Waals surface area contributed by atoms with Crippen LogP contribution in [0.3, 0.4) is 0 Å². The number of aliphatic imine (C=N–C) groups is 2. The number of hydrogen-bond donors (Lipinski definition) is 2. The minimum atomic E-state index is -0.0231. The summed E-state index contributed by atoms with van der Waals surface area (Å²) in [5.74, 6) is 5.43. The quantitative estimate of drug-likeness (QED) is 0.251. The summed E-state index contributed by atoms with van der Waals surface area (Å²) >= 11 is 2.19. The molecule has 0 radical (unpaired) electrons. The van der Waals surface area contributed by atoms with Crippen molar-refractivity contribution >= 4 is 23.4 Å². The monoisotopic (exact) mass is 842 g/mol.